The first-order valence-corrected chi connectivity index (χ1v) is 8.87. The van der Waals surface area contributed by atoms with E-state index in [1.165, 1.54) is 12.3 Å². The summed E-state index contributed by atoms with van der Waals surface area (Å²) in [7, 11) is 0. The molecule has 1 N–H and O–H groups in total. The first-order valence-electron chi connectivity index (χ1n) is 8.87. The van der Waals surface area contributed by atoms with Gasteiger partial charge in [0.25, 0.3) is 5.91 Å². The minimum absolute atomic E-state index is 0.0405. The second kappa shape index (κ2) is 9.20. The summed E-state index contributed by atoms with van der Waals surface area (Å²) in [4.78, 5) is 24.4. The third kappa shape index (κ3) is 5.21. The monoisotopic (exact) mass is 386 g/mol. The summed E-state index contributed by atoms with van der Waals surface area (Å²) in [5.41, 5.74) is 1.92. The van der Waals surface area contributed by atoms with Gasteiger partial charge >= 0.3 is 5.97 Å². The van der Waals surface area contributed by atoms with Crippen LogP contribution < -0.4 is 10.1 Å². The van der Waals surface area contributed by atoms with Crippen molar-refractivity contribution in [2.24, 2.45) is 0 Å². The second-order valence-electron chi connectivity index (χ2n) is 6.21. The van der Waals surface area contributed by atoms with Crippen molar-refractivity contribution < 1.29 is 18.7 Å². The molecule has 6 nitrogen and oxygen atoms in total. The number of carbonyl (C=O) groups excluding carboxylic acids is 2. The Hall–Kier alpha value is -4.11. The number of aryl methyl sites for hydroxylation is 1. The van der Waals surface area contributed by atoms with E-state index in [1.54, 1.807) is 48.5 Å². The van der Waals surface area contributed by atoms with E-state index < -0.39 is 11.9 Å². The average Bonchev–Trinajstić information content (AvgIpc) is 3.25. The van der Waals surface area contributed by atoms with Crippen LogP contribution in [0.1, 0.15) is 27.2 Å². The van der Waals surface area contributed by atoms with Gasteiger partial charge in [-0.3, -0.25) is 4.79 Å². The fourth-order valence-electron chi connectivity index (χ4n) is 2.59. The number of hydrogen-bond acceptors (Lipinski definition) is 5. The SMILES string of the molecule is Cc1ccccc1C(=O)Oc1ccc(/C=C(\C#N)C(=O)NCc2ccco2)cc1. The van der Waals surface area contributed by atoms with Crippen molar-refractivity contribution in [3.63, 3.8) is 0 Å². The molecule has 144 valence electrons. The Balaban J connectivity index is 1.65. The maximum absolute atomic E-state index is 12.3. The van der Waals surface area contributed by atoms with E-state index in [4.69, 9.17) is 9.15 Å². The molecule has 1 amide bonds. The minimum atomic E-state index is -0.501. The molecule has 1 heterocycles. The Bertz CT molecular complexity index is 1070. The highest BCUT2D eigenvalue weighted by atomic mass is 16.5. The van der Waals surface area contributed by atoms with Gasteiger partial charge in [-0.25, -0.2) is 4.79 Å². The summed E-state index contributed by atoms with van der Waals surface area (Å²) in [6, 6.07) is 19.1. The number of benzene rings is 2. The number of amides is 1. The molecule has 29 heavy (non-hydrogen) atoms. The van der Waals surface area contributed by atoms with Gasteiger partial charge in [-0.1, -0.05) is 30.3 Å². The van der Waals surface area contributed by atoms with E-state index in [2.05, 4.69) is 5.32 Å². The summed E-state index contributed by atoms with van der Waals surface area (Å²) in [5.74, 6) is 0.0204. The van der Waals surface area contributed by atoms with Crippen LogP contribution in [-0.4, -0.2) is 11.9 Å². The lowest BCUT2D eigenvalue weighted by molar-refractivity contribution is -0.117. The van der Waals surface area contributed by atoms with E-state index in [0.717, 1.165) is 5.56 Å². The molecule has 0 atom stereocenters. The molecule has 1 aromatic heterocycles. The Morgan fingerprint density at radius 3 is 2.52 bits per heavy atom. The Labute approximate surface area is 168 Å². The van der Waals surface area contributed by atoms with Crippen LogP contribution in [0.25, 0.3) is 6.08 Å². The summed E-state index contributed by atoms with van der Waals surface area (Å²) in [6.07, 6.45) is 2.97. The number of carbonyl (C=O) groups is 2. The molecule has 0 fully saturated rings. The highest BCUT2D eigenvalue weighted by Crippen LogP contribution is 2.17. The fraction of sp³-hybridized carbons (Fsp3) is 0.0870. The number of nitrogens with one attached hydrogen (secondary N) is 1. The molecule has 0 aliphatic heterocycles. The zero-order chi connectivity index (χ0) is 20.6. The zero-order valence-corrected chi connectivity index (χ0v) is 15.7. The van der Waals surface area contributed by atoms with Gasteiger partial charge in [0.15, 0.2) is 0 Å². The van der Waals surface area contributed by atoms with Gasteiger partial charge in [-0.05, 0) is 54.5 Å². The molecule has 6 heteroatoms. The van der Waals surface area contributed by atoms with Gasteiger partial charge in [0.05, 0.1) is 18.4 Å². The van der Waals surface area contributed by atoms with Gasteiger partial charge in [-0.2, -0.15) is 5.26 Å². The summed E-state index contributed by atoms with van der Waals surface area (Å²) >= 11 is 0. The van der Waals surface area contributed by atoms with Crippen LogP contribution in [0.3, 0.4) is 0 Å². The van der Waals surface area contributed by atoms with Crippen LogP contribution in [0.4, 0.5) is 0 Å². The molecule has 0 saturated heterocycles. The Kier molecular flexibility index (Phi) is 6.23. The first kappa shape index (κ1) is 19.6. The van der Waals surface area contributed by atoms with E-state index in [0.29, 0.717) is 22.6 Å². The number of esters is 1. The summed E-state index contributed by atoms with van der Waals surface area (Å²) < 4.78 is 10.5. The standard InChI is InChI=1S/C23H18N2O4/c1-16-5-2-3-7-21(16)23(27)29-19-10-8-17(9-11-19)13-18(14-24)22(26)25-15-20-6-4-12-28-20/h2-13H,15H2,1H3,(H,25,26)/b18-13+. The minimum Gasteiger partial charge on any atom is -0.467 e. The van der Waals surface area contributed by atoms with Crippen molar-refractivity contribution in [3.8, 4) is 11.8 Å². The molecule has 0 aliphatic carbocycles. The third-order valence-electron chi connectivity index (χ3n) is 4.13. The van der Waals surface area contributed by atoms with Crippen LogP contribution in [0.5, 0.6) is 5.75 Å². The van der Waals surface area contributed by atoms with Gasteiger partial charge in [0.2, 0.25) is 0 Å². The molecular formula is C23H18N2O4. The predicted octanol–water partition coefficient (Wildman–Crippen LogP) is 4.03. The van der Waals surface area contributed by atoms with E-state index in [9.17, 15) is 14.9 Å². The van der Waals surface area contributed by atoms with Gasteiger partial charge in [-0.15, -0.1) is 0 Å². The lowest BCUT2D eigenvalue weighted by Crippen LogP contribution is -2.23. The third-order valence-corrected chi connectivity index (χ3v) is 4.13. The summed E-state index contributed by atoms with van der Waals surface area (Å²) in [5, 5.41) is 11.9. The molecule has 2 aromatic carbocycles. The number of nitrogens with zero attached hydrogens (tertiary/aromatic N) is 1. The number of ether oxygens (including phenoxy) is 1. The van der Waals surface area contributed by atoms with Crippen LogP contribution >= 0.6 is 0 Å². The second-order valence-corrected chi connectivity index (χ2v) is 6.21. The van der Waals surface area contributed by atoms with Crippen molar-refractivity contribution in [2.45, 2.75) is 13.5 Å². The fourth-order valence-corrected chi connectivity index (χ4v) is 2.59. The lowest BCUT2D eigenvalue weighted by atomic mass is 10.1. The Morgan fingerprint density at radius 1 is 1.10 bits per heavy atom. The first-order chi connectivity index (χ1) is 14.1. The quantitative estimate of drug-likeness (QED) is 0.299. The maximum atomic E-state index is 12.3. The van der Waals surface area contributed by atoms with E-state index in [1.807, 2.05) is 25.1 Å². The van der Waals surface area contributed by atoms with E-state index in [-0.39, 0.29) is 12.1 Å². The zero-order valence-electron chi connectivity index (χ0n) is 15.7. The number of nitriles is 1. The maximum Gasteiger partial charge on any atom is 0.343 e. The van der Waals surface area contributed by atoms with Crippen molar-refractivity contribution in [3.05, 3.63) is 95.0 Å². The molecule has 3 aromatic rings. The highest BCUT2D eigenvalue weighted by molar-refractivity contribution is 6.01. The van der Waals surface area contributed by atoms with Gasteiger partial charge in [0.1, 0.15) is 23.2 Å². The summed E-state index contributed by atoms with van der Waals surface area (Å²) in [6.45, 7) is 2.03. The van der Waals surface area contributed by atoms with Crippen LogP contribution in [0.15, 0.2) is 76.9 Å². The lowest BCUT2D eigenvalue weighted by Gasteiger charge is -2.07. The molecule has 0 bridgehead atoms. The largest absolute Gasteiger partial charge is 0.467 e. The predicted molar refractivity (Wildman–Crippen MR) is 107 cm³/mol. The van der Waals surface area contributed by atoms with Crippen molar-refractivity contribution in [1.29, 1.82) is 5.26 Å². The number of rotatable bonds is 6. The van der Waals surface area contributed by atoms with Crippen molar-refractivity contribution >= 4 is 18.0 Å². The number of furan rings is 1. The van der Waals surface area contributed by atoms with Gasteiger partial charge in [0, 0.05) is 0 Å². The van der Waals surface area contributed by atoms with Crippen molar-refractivity contribution in [1.82, 2.24) is 5.32 Å². The molecular weight excluding hydrogens is 368 g/mol. The molecule has 0 saturated carbocycles. The van der Waals surface area contributed by atoms with Crippen LogP contribution in [-0.2, 0) is 11.3 Å². The normalized spacial score (nSPS) is 10.8. The molecule has 3 rings (SSSR count). The highest BCUT2D eigenvalue weighted by Gasteiger charge is 2.12. The molecule has 0 aliphatic rings. The van der Waals surface area contributed by atoms with Crippen molar-refractivity contribution in [2.75, 3.05) is 0 Å². The van der Waals surface area contributed by atoms with Crippen LogP contribution in [0, 0.1) is 18.3 Å². The molecule has 0 spiro atoms. The van der Waals surface area contributed by atoms with Crippen LogP contribution in [0.2, 0.25) is 0 Å². The molecule has 0 unspecified atom stereocenters. The van der Waals surface area contributed by atoms with Gasteiger partial charge < -0.3 is 14.5 Å². The molecule has 0 radical (unpaired) electrons. The topological polar surface area (TPSA) is 92.3 Å². The average molecular weight is 386 g/mol. The number of hydrogen-bond donors (Lipinski definition) is 1. The smallest absolute Gasteiger partial charge is 0.343 e. The van der Waals surface area contributed by atoms with E-state index >= 15 is 0 Å². The Morgan fingerprint density at radius 2 is 1.86 bits per heavy atom.